The van der Waals surface area contributed by atoms with Crippen LogP contribution in [0, 0.1) is 0 Å². The zero-order valence-electron chi connectivity index (χ0n) is 18.4. The number of likely N-dealkylation sites (tertiary alicyclic amines) is 1. The number of hydrogen-bond acceptors (Lipinski definition) is 5. The SMILES string of the molecule is CC(C)(C)[Si](C)(C)OCCN1CC2(CCc3c(-c4nc(Br)ns4)cccc32)CC1=O. The minimum absolute atomic E-state index is 0.0681. The summed E-state index contributed by atoms with van der Waals surface area (Å²) in [5.74, 6) is 0.255. The first-order chi connectivity index (χ1) is 14.0. The van der Waals surface area contributed by atoms with E-state index in [-0.39, 0.29) is 16.4 Å². The monoisotopic (exact) mass is 507 g/mol. The van der Waals surface area contributed by atoms with E-state index in [0.717, 1.165) is 24.4 Å². The summed E-state index contributed by atoms with van der Waals surface area (Å²) >= 11 is 4.78. The van der Waals surface area contributed by atoms with E-state index < -0.39 is 8.32 Å². The van der Waals surface area contributed by atoms with Gasteiger partial charge in [0.25, 0.3) is 0 Å². The van der Waals surface area contributed by atoms with E-state index in [0.29, 0.717) is 24.3 Å². The number of carbonyl (C=O) groups excluding carboxylic acids is 1. The molecule has 162 valence electrons. The standard InChI is InChI=1S/C22H30BrN3O2SSi/c1-21(2,3)30(4,5)28-12-11-26-14-22(13-18(26)27)10-9-15-16(7-6-8-17(15)22)19-24-20(23)25-29-19/h6-8H,9-14H2,1-5H3. The van der Waals surface area contributed by atoms with E-state index in [1.54, 1.807) is 0 Å². The molecule has 1 saturated heterocycles. The van der Waals surface area contributed by atoms with Gasteiger partial charge in [0.2, 0.25) is 10.6 Å². The molecule has 1 aromatic heterocycles. The van der Waals surface area contributed by atoms with Gasteiger partial charge in [-0.1, -0.05) is 39.0 Å². The van der Waals surface area contributed by atoms with E-state index in [1.165, 1.54) is 28.2 Å². The van der Waals surface area contributed by atoms with Crippen molar-refractivity contribution >= 4 is 41.7 Å². The smallest absolute Gasteiger partial charge is 0.223 e. The summed E-state index contributed by atoms with van der Waals surface area (Å²) in [5, 5.41) is 1.13. The molecule has 8 heteroatoms. The van der Waals surface area contributed by atoms with E-state index >= 15 is 0 Å². The Hall–Kier alpha value is -1.09. The highest BCUT2D eigenvalue weighted by Crippen LogP contribution is 2.48. The molecule has 1 spiro atoms. The lowest BCUT2D eigenvalue weighted by atomic mass is 9.80. The Morgan fingerprint density at radius 2 is 2.10 bits per heavy atom. The summed E-state index contributed by atoms with van der Waals surface area (Å²) in [4.78, 5) is 19.5. The van der Waals surface area contributed by atoms with Gasteiger partial charge in [-0.25, -0.2) is 4.98 Å². The molecule has 5 nitrogen and oxygen atoms in total. The van der Waals surface area contributed by atoms with Crippen molar-refractivity contribution in [1.29, 1.82) is 0 Å². The second-order valence-corrected chi connectivity index (χ2v) is 16.4. The van der Waals surface area contributed by atoms with Gasteiger partial charge in [-0.3, -0.25) is 4.79 Å². The Morgan fingerprint density at radius 1 is 1.33 bits per heavy atom. The Balaban J connectivity index is 1.50. The number of carbonyl (C=O) groups is 1. The van der Waals surface area contributed by atoms with Crippen LogP contribution in [0.5, 0.6) is 0 Å². The maximum Gasteiger partial charge on any atom is 0.223 e. The number of halogens is 1. The van der Waals surface area contributed by atoms with Gasteiger partial charge in [-0.2, -0.15) is 4.37 Å². The summed E-state index contributed by atoms with van der Waals surface area (Å²) in [6, 6.07) is 6.45. The van der Waals surface area contributed by atoms with Gasteiger partial charge in [0.1, 0.15) is 5.01 Å². The van der Waals surface area contributed by atoms with Crippen LogP contribution in [0.3, 0.4) is 0 Å². The molecule has 2 aliphatic rings. The molecule has 1 aromatic carbocycles. The summed E-state index contributed by atoms with van der Waals surface area (Å²) in [5.41, 5.74) is 3.77. The van der Waals surface area contributed by atoms with E-state index in [2.05, 4.69) is 77.4 Å². The highest BCUT2D eigenvalue weighted by Gasteiger charge is 2.48. The molecular weight excluding hydrogens is 478 g/mol. The highest BCUT2D eigenvalue weighted by atomic mass is 79.9. The fourth-order valence-electron chi connectivity index (χ4n) is 4.46. The van der Waals surface area contributed by atoms with Gasteiger partial charge in [0.15, 0.2) is 8.32 Å². The minimum atomic E-state index is -1.79. The van der Waals surface area contributed by atoms with Gasteiger partial charge in [0, 0.05) is 30.5 Å². The Bertz CT molecular complexity index is 972. The lowest BCUT2D eigenvalue weighted by Gasteiger charge is -2.36. The zero-order chi connectivity index (χ0) is 21.7. The molecule has 30 heavy (non-hydrogen) atoms. The lowest BCUT2D eigenvalue weighted by Crippen LogP contribution is -2.43. The van der Waals surface area contributed by atoms with Crippen LogP contribution in [-0.4, -0.2) is 48.2 Å². The van der Waals surface area contributed by atoms with Crippen molar-refractivity contribution in [1.82, 2.24) is 14.3 Å². The number of amides is 1. The van der Waals surface area contributed by atoms with E-state index in [4.69, 9.17) is 4.43 Å². The van der Waals surface area contributed by atoms with Gasteiger partial charge < -0.3 is 9.33 Å². The second kappa shape index (κ2) is 7.80. The number of aromatic nitrogens is 2. The fourth-order valence-corrected chi connectivity index (χ4v) is 6.62. The maximum atomic E-state index is 12.9. The molecule has 1 aliphatic carbocycles. The van der Waals surface area contributed by atoms with Gasteiger partial charge in [-0.15, -0.1) is 0 Å². The van der Waals surface area contributed by atoms with Crippen LogP contribution >= 0.6 is 27.5 Å². The Morgan fingerprint density at radius 3 is 2.77 bits per heavy atom. The van der Waals surface area contributed by atoms with Gasteiger partial charge >= 0.3 is 0 Å². The van der Waals surface area contributed by atoms with Crippen molar-refractivity contribution in [2.45, 2.75) is 63.6 Å². The zero-order valence-corrected chi connectivity index (χ0v) is 21.8. The molecule has 2 heterocycles. The molecule has 0 bridgehead atoms. The third-order valence-corrected chi connectivity index (χ3v) is 13.1. The highest BCUT2D eigenvalue weighted by molar-refractivity contribution is 9.10. The van der Waals surface area contributed by atoms with Gasteiger partial charge in [0.05, 0.1) is 6.61 Å². The number of rotatable bonds is 5. The summed E-state index contributed by atoms with van der Waals surface area (Å²) in [6.07, 6.45) is 2.61. The predicted octanol–water partition coefficient (Wildman–Crippen LogP) is 5.41. The van der Waals surface area contributed by atoms with Crippen LogP contribution < -0.4 is 0 Å². The molecule has 1 atom stereocenters. The van der Waals surface area contributed by atoms with Crippen LogP contribution in [0.1, 0.15) is 44.7 Å². The van der Waals surface area contributed by atoms with Crippen LogP contribution in [-0.2, 0) is 21.1 Å². The van der Waals surface area contributed by atoms with E-state index in [9.17, 15) is 4.79 Å². The molecular formula is C22H30BrN3O2SSi. The lowest BCUT2D eigenvalue weighted by molar-refractivity contribution is -0.128. The average molecular weight is 509 g/mol. The third-order valence-electron chi connectivity index (χ3n) is 7.20. The van der Waals surface area contributed by atoms with Crippen molar-refractivity contribution in [3.8, 4) is 10.6 Å². The normalized spacial score (nSPS) is 21.7. The Labute approximate surface area is 192 Å². The number of nitrogens with zero attached hydrogens (tertiary/aromatic N) is 3. The predicted molar refractivity (Wildman–Crippen MR) is 127 cm³/mol. The van der Waals surface area contributed by atoms with Gasteiger partial charge in [-0.05, 0) is 69.6 Å². The molecule has 1 aliphatic heterocycles. The van der Waals surface area contributed by atoms with Crippen molar-refractivity contribution < 1.29 is 9.22 Å². The fraction of sp³-hybridized carbons (Fsp3) is 0.591. The summed E-state index contributed by atoms with van der Waals surface area (Å²) < 4.78 is 11.2. The second-order valence-electron chi connectivity index (χ2n) is 10.1. The van der Waals surface area contributed by atoms with Crippen LogP contribution in [0.4, 0.5) is 0 Å². The molecule has 0 N–H and O–H groups in total. The van der Waals surface area contributed by atoms with Crippen LogP contribution in [0.2, 0.25) is 18.1 Å². The Kier molecular flexibility index (Phi) is 5.75. The van der Waals surface area contributed by atoms with Crippen molar-refractivity contribution in [3.05, 3.63) is 34.1 Å². The van der Waals surface area contributed by atoms with Crippen LogP contribution in [0.15, 0.2) is 22.9 Å². The number of benzene rings is 1. The molecule has 4 rings (SSSR count). The molecule has 1 amide bonds. The summed E-state index contributed by atoms with van der Waals surface area (Å²) in [7, 11) is -1.79. The van der Waals surface area contributed by atoms with Crippen LogP contribution in [0.25, 0.3) is 10.6 Å². The maximum absolute atomic E-state index is 12.9. The van der Waals surface area contributed by atoms with E-state index in [1.807, 2.05) is 4.90 Å². The largest absolute Gasteiger partial charge is 0.415 e. The summed E-state index contributed by atoms with van der Waals surface area (Å²) in [6.45, 7) is 13.4. The molecule has 1 unspecified atom stereocenters. The first-order valence-electron chi connectivity index (χ1n) is 10.6. The topological polar surface area (TPSA) is 55.3 Å². The van der Waals surface area contributed by atoms with Crippen molar-refractivity contribution in [2.24, 2.45) is 0 Å². The average Bonchev–Trinajstić information content (AvgIpc) is 3.33. The first kappa shape index (κ1) is 22.1. The molecule has 0 saturated carbocycles. The van der Waals surface area contributed by atoms with Crippen molar-refractivity contribution in [3.63, 3.8) is 0 Å². The minimum Gasteiger partial charge on any atom is -0.415 e. The number of hydrogen-bond donors (Lipinski definition) is 0. The third kappa shape index (κ3) is 3.92. The molecule has 2 aromatic rings. The van der Waals surface area contributed by atoms with Crippen molar-refractivity contribution in [2.75, 3.05) is 19.7 Å². The molecule has 0 radical (unpaired) electrons. The quantitative estimate of drug-likeness (QED) is 0.507. The molecule has 1 fully saturated rings. The number of fused-ring (bicyclic) bond motifs is 2. The first-order valence-corrected chi connectivity index (χ1v) is 15.0.